The largest absolute Gasteiger partial charge is 0.457 e. The molecule has 2 saturated heterocycles. The van der Waals surface area contributed by atoms with Crippen molar-refractivity contribution >= 4 is 34.5 Å². The molecular weight excluding hydrogens is 455 g/mol. The molecule has 0 aromatic rings. The average molecular weight is 484 g/mol. The van der Waals surface area contributed by atoms with Gasteiger partial charge in [0.2, 0.25) is 0 Å². The zero-order valence-corrected chi connectivity index (χ0v) is 18.1. The number of rotatable bonds is 7. The second kappa shape index (κ2) is 7.89. The quantitative estimate of drug-likeness (QED) is 0.322. The van der Waals surface area contributed by atoms with E-state index in [0.717, 1.165) is 0 Å². The maximum absolute atomic E-state index is 12.1. The fourth-order valence-electron chi connectivity index (χ4n) is 4.13. The Balaban J connectivity index is 1.99. The maximum atomic E-state index is 12.1. The molecule has 0 aromatic heterocycles. The SMILES string of the molecule is CCC(I)C(=O)OCC(=O)OC1CC2OC1C(C(C)(C)O)C2C(C)(C)O. The predicted molar refractivity (Wildman–Crippen MR) is 102 cm³/mol. The van der Waals surface area contributed by atoms with Gasteiger partial charge in [-0.2, -0.15) is 0 Å². The van der Waals surface area contributed by atoms with Crippen molar-refractivity contribution in [3.63, 3.8) is 0 Å². The van der Waals surface area contributed by atoms with E-state index < -0.39 is 42.0 Å². The van der Waals surface area contributed by atoms with E-state index in [4.69, 9.17) is 14.2 Å². The Hall–Kier alpha value is -0.450. The van der Waals surface area contributed by atoms with Crippen LogP contribution in [0, 0.1) is 11.8 Å². The van der Waals surface area contributed by atoms with Crippen molar-refractivity contribution in [3.8, 4) is 0 Å². The lowest BCUT2D eigenvalue weighted by atomic mass is 9.65. The smallest absolute Gasteiger partial charge is 0.344 e. The molecule has 0 radical (unpaired) electrons. The zero-order chi connectivity index (χ0) is 19.9. The number of hydrogen-bond donors (Lipinski definition) is 2. The monoisotopic (exact) mass is 484 g/mol. The van der Waals surface area contributed by atoms with Crippen LogP contribution in [0.1, 0.15) is 47.5 Å². The van der Waals surface area contributed by atoms with Crippen LogP contribution in [0.3, 0.4) is 0 Å². The van der Waals surface area contributed by atoms with E-state index in [0.29, 0.717) is 12.8 Å². The van der Waals surface area contributed by atoms with E-state index in [9.17, 15) is 19.8 Å². The summed E-state index contributed by atoms with van der Waals surface area (Å²) in [5.74, 6) is -1.70. The molecule has 2 fully saturated rings. The van der Waals surface area contributed by atoms with Crippen LogP contribution in [-0.2, 0) is 23.8 Å². The molecule has 0 aliphatic carbocycles. The van der Waals surface area contributed by atoms with E-state index in [1.54, 1.807) is 27.7 Å². The highest BCUT2D eigenvalue weighted by atomic mass is 127. The Bertz CT molecular complexity index is 537. The second-order valence-corrected chi connectivity index (χ2v) is 9.75. The summed E-state index contributed by atoms with van der Waals surface area (Å²) in [5, 5.41) is 21.1. The molecule has 2 aliphatic rings. The van der Waals surface area contributed by atoms with Gasteiger partial charge in [0, 0.05) is 18.3 Å². The summed E-state index contributed by atoms with van der Waals surface area (Å²) >= 11 is 1.97. The first-order valence-electron chi connectivity index (χ1n) is 8.96. The zero-order valence-electron chi connectivity index (χ0n) is 15.9. The molecule has 2 rings (SSSR count). The van der Waals surface area contributed by atoms with E-state index in [1.165, 1.54) is 0 Å². The van der Waals surface area contributed by atoms with Crippen molar-refractivity contribution in [1.29, 1.82) is 0 Å². The molecule has 6 atom stereocenters. The minimum absolute atomic E-state index is 0.260. The van der Waals surface area contributed by atoms with Crippen molar-refractivity contribution < 1.29 is 34.0 Å². The number of halogens is 1. The number of ether oxygens (including phenoxy) is 3. The summed E-state index contributed by atoms with van der Waals surface area (Å²) in [6.45, 7) is 8.18. The van der Waals surface area contributed by atoms with Crippen LogP contribution >= 0.6 is 22.6 Å². The second-order valence-electron chi connectivity index (χ2n) is 8.25. The van der Waals surface area contributed by atoms with Gasteiger partial charge in [-0.1, -0.05) is 29.5 Å². The van der Waals surface area contributed by atoms with Crippen molar-refractivity contribution in [2.75, 3.05) is 6.61 Å². The van der Waals surface area contributed by atoms with Crippen molar-refractivity contribution in [2.24, 2.45) is 11.8 Å². The molecular formula is C18H29IO7. The summed E-state index contributed by atoms with van der Waals surface area (Å²) in [6, 6.07) is 0. The van der Waals surface area contributed by atoms with Gasteiger partial charge in [-0.25, -0.2) is 4.79 Å². The van der Waals surface area contributed by atoms with Gasteiger partial charge in [-0.05, 0) is 34.1 Å². The number of hydrogen-bond acceptors (Lipinski definition) is 7. The number of carbonyl (C=O) groups excluding carboxylic acids is 2. The summed E-state index contributed by atoms with van der Waals surface area (Å²) in [5.41, 5.74) is -2.12. The van der Waals surface area contributed by atoms with Gasteiger partial charge >= 0.3 is 11.9 Å². The molecule has 6 unspecified atom stereocenters. The molecule has 0 spiro atoms. The van der Waals surface area contributed by atoms with E-state index in [-0.39, 0.29) is 21.9 Å². The number of esters is 2. The van der Waals surface area contributed by atoms with Gasteiger partial charge in [0.15, 0.2) is 6.61 Å². The minimum Gasteiger partial charge on any atom is -0.457 e. The molecule has 2 aliphatic heterocycles. The Labute approximate surface area is 167 Å². The van der Waals surface area contributed by atoms with Gasteiger partial charge < -0.3 is 24.4 Å². The molecule has 150 valence electrons. The fraction of sp³-hybridized carbons (Fsp3) is 0.889. The first kappa shape index (κ1) is 21.8. The number of fused-ring (bicyclic) bond motifs is 2. The summed E-state index contributed by atoms with van der Waals surface area (Å²) in [6.07, 6.45) is -0.238. The van der Waals surface area contributed by atoms with Gasteiger partial charge in [-0.15, -0.1) is 0 Å². The van der Waals surface area contributed by atoms with E-state index >= 15 is 0 Å². The van der Waals surface area contributed by atoms with E-state index in [1.807, 2.05) is 29.5 Å². The third-order valence-corrected chi connectivity index (χ3v) is 6.55. The van der Waals surface area contributed by atoms with Crippen molar-refractivity contribution in [3.05, 3.63) is 0 Å². The summed E-state index contributed by atoms with van der Waals surface area (Å²) in [4.78, 5) is 23.7. The predicted octanol–water partition coefficient (Wildman–Crippen LogP) is 1.60. The Morgan fingerprint density at radius 3 is 2.27 bits per heavy atom. The average Bonchev–Trinajstić information content (AvgIpc) is 3.08. The molecule has 0 aromatic carbocycles. The van der Waals surface area contributed by atoms with Crippen LogP contribution in [0.15, 0.2) is 0 Å². The lowest BCUT2D eigenvalue weighted by Crippen LogP contribution is -2.54. The number of carbonyl (C=O) groups is 2. The van der Waals surface area contributed by atoms with E-state index in [2.05, 4.69) is 0 Å². The highest BCUT2D eigenvalue weighted by Crippen LogP contribution is 2.52. The number of alkyl halides is 1. The molecule has 2 N–H and O–H groups in total. The van der Waals surface area contributed by atoms with Gasteiger partial charge in [0.05, 0.1) is 17.3 Å². The van der Waals surface area contributed by atoms with Crippen LogP contribution < -0.4 is 0 Å². The molecule has 8 heteroatoms. The first-order chi connectivity index (χ1) is 11.9. The third kappa shape index (κ3) is 4.69. The van der Waals surface area contributed by atoms with Crippen molar-refractivity contribution in [1.82, 2.24) is 0 Å². The van der Waals surface area contributed by atoms with Gasteiger partial charge in [-0.3, -0.25) is 4.79 Å². The fourth-order valence-corrected chi connectivity index (χ4v) is 4.31. The standard InChI is InChI=1S/C18H29IO7/c1-6-9(19)16(21)24-8-12(20)25-11-7-10-13(17(2,3)22)14(15(11)26-10)18(4,5)23/h9-11,13-15,22-23H,6-8H2,1-5H3. The van der Waals surface area contributed by atoms with Gasteiger partial charge in [0.25, 0.3) is 0 Å². The lowest BCUT2D eigenvalue weighted by molar-refractivity contribution is -0.168. The molecule has 0 amide bonds. The normalized spacial score (nSPS) is 32.4. The molecule has 2 bridgehead atoms. The molecule has 0 saturated carbocycles. The molecule has 7 nitrogen and oxygen atoms in total. The lowest BCUT2D eigenvalue weighted by Gasteiger charge is -2.43. The van der Waals surface area contributed by atoms with Crippen LogP contribution in [0.4, 0.5) is 0 Å². The van der Waals surface area contributed by atoms with Crippen LogP contribution in [0.2, 0.25) is 0 Å². The third-order valence-electron chi connectivity index (χ3n) is 5.17. The maximum Gasteiger partial charge on any atom is 0.344 e. The van der Waals surface area contributed by atoms with Crippen molar-refractivity contribution in [2.45, 2.75) is 80.9 Å². The molecule has 26 heavy (non-hydrogen) atoms. The van der Waals surface area contributed by atoms with Crippen LogP contribution in [-0.4, -0.2) is 62.2 Å². The Morgan fingerprint density at radius 1 is 1.19 bits per heavy atom. The first-order valence-corrected chi connectivity index (χ1v) is 10.2. The summed E-state index contributed by atoms with van der Waals surface area (Å²) in [7, 11) is 0. The highest BCUT2D eigenvalue weighted by Gasteiger charge is 2.63. The highest BCUT2D eigenvalue weighted by molar-refractivity contribution is 14.1. The Morgan fingerprint density at radius 2 is 1.77 bits per heavy atom. The molecule has 2 heterocycles. The Kier molecular flexibility index (Phi) is 6.63. The summed E-state index contributed by atoms with van der Waals surface area (Å²) < 4.78 is 16.1. The minimum atomic E-state index is -1.10. The van der Waals surface area contributed by atoms with Crippen LogP contribution in [0.5, 0.6) is 0 Å². The van der Waals surface area contributed by atoms with Crippen LogP contribution in [0.25, 0.3) is 0 Å². The van der Waals surface area contributed by atoms with Gasteiger partial charge in [0.1, 0.15) is 16.1 Å². The topological polar surface area (TPSA) is 102 Å². The number of aliphatic hydroxyl groups is 2.